The van der Waals surface area contributed by atoms with Crippen LogP contribution in [0.2, 0.25) is 0 Å². The van der Waals surface area contributed by atoms with E-state index in [1.165, 1.54) is 25.8 Å². The molecular formula is C19H18S2. The molecule has 0 fully saturated rings. The smallest absolute Gasteiger partial charge is 0.0363 e. The SMILES string of the molecule is C=Cc1cc(C2=CC3C=CC=CC3C=C2SC)sc1C=C. The van der Waals surface area contributed by atoms with Crippen LogP contribution < -0.4 is 0 Å². The highest BCUT2D eigenvalue weighted by molar-refractivity contribution is 8.03. The molecule has 2 heteroatoms. The zero-order valence-corrected chi connectivity index (χ0v) is 13.7. The molecule has 1 aromatic heterocycles. The monoisotopic (exact) mass is 310 g/mol. The zero-order valence-electron chi connectivity index (χ0n) is 12.1. The highest BCUT2D eigenvalue weighted by atomic mass is 32.2. The van der Waals surface area contributed by atoms with Gasteiger partial charge in [0.1, 0.15) is 0 Å². The van der Waals surface area contributed by atoms with Gasteiger partial charge >= 0.3 is 0 Å². The first-order valence-corrected chi connectivity index (χ1v) is 9.03. The first-order chi connectivity index (χ1) is 10.3. The average molecular weight is 310 g/mol. The topological polar surface area (TPSA) is 0 Å². The molecule has 0 bridgehead atoms. The van der Waals surface area contributed by atoms with Gasteiger partial charge in [0.05, 0.1) is 0 Å². The predicted molar refractivity (Wildman–Crippen MR) is 99.3 cm³/mol. The lowest BCUT2D eigenvalue weighted by Crippen LogP contribution is -2.13. The molecule has 2 aliphatic carbocycles. The molecule has 0 N–H and O–H groups in total. The van der Waals surface area contributed by atoms with Gasteiger partial charge in [0.15, 0.2) is 0 Å². The van der Waals surface area contributed by atoms with Gasteiger partial charge in [-0.3, -0.25) is 0 Å². The summed E-state index contributed by atoms with van der Waals surface area (Å²) in [4.78, 5) is 3.87. The van der Waals surface area contributed by atoms with Crippen molar-refractivity contribution in [3.63, 3.8) is 0 Å². The van der Waals surface area contributed by atoms with Crippen LogP contribution in [0.1, 0.15) is 15.3 Å². The molecule has 0 spiro atoms. The molecule has 0 aliphatic heterocycles. The van der Waals surface area contributed by atoms with Gasteiger partial charge in [-0.15, -0.1) is 23.1 Å². The van der Waals surface area contributed by atoms with Crippen molar-refractivity contribution >= 4 is 40.8 Å². The summed E-state index contributed by atoms with van der Waals surface area (Å²) in [6, 6.07) is 2.23. The van der Waals surface area contributed by atoms with Crippen LogP contribution in [0, 0.1) is 11.8 Å². The van der Waals surface area contributed by atoms with Gasteiger partial charge in [-0.25, -0.2) is 0 Å². The molecule has 1 aromatic rings. The van der Waals surface area contributed by atoms with Crippen molar-refractivity contribution in [3.05, 3.63) is 75.9 Å². The van der Waals surface area contributed by atoms with Crippen molar-refractivity contribution in [3.8, 4) is 0 Å². The van der Waals surface area contributed by atoms with E-state index in [4.69, 9.17) is 0 Å². The van der Waals surface area contributed by atoms with Gasteiger partial charge in [0, 0.05) is 32.1 Å². The standard InChI is InChI=1S/C19H18S2/c1-4-13-11-19(21-17(13)5-2)16-10-14-8-6-7-9-15(14)12-18(16)20-3/h4-12,14-15H,1-2H2,3H3. The number of thioether (sulfide) groups is 1. The van der Waals surface area contributed by atoms with E-state index in [0.29, 0.717) is 11.8 Å². The Labute approximate surface area is 135 Å². The minimum Gasteiger partial charge on any atom is -0.135 e. The number of thiophene rings is 1. The lowest BCUT2D eigenvalue weighted by molar-refractivity contribution is 0.662. The minimum absolute atomic E-state index is 0.474. The van der Waals surface area contributed by atoms with Gasteiger partial charge < -0.3 is 0 Å². The Morgan fingerprint density at radius 1 is 1.10 bits per heavy atom. The molecule has 21 heavy (non-hydrogen) atoms. The summed E-state index contributed by atoms with van der Waals surface area (Å²) >= 11 is 3.62. The molecule has 0 aromatic carbocycles. The maximum Gasteiger partial charge on any atom is 0.0363 e. The summed E-state index contributed by atoms with van der Waals surface area (Å²) in [5, 5.41) is 0. The maximum absolute atomic E-state index is 3.91. The van der Waals surface area contributed by atoms with Crippen molar-refractivity contribution < 1.29 is 0 Å². The molecule has 0 nitrogen and oxygen atoms in total. The van der Waals surface area contributed by atoms with E-state index in [0.717, 1.165) is 0 Å². The molecule has 2 unspecified atom stereocenters. The van der Waals surface area contributed by atoms with Gasteiger partial charge in [0.2, 0.25) is 0 Å². The Balaban J connectivity index is 2.05. The molecule has 0 saturated heterocycles. The van der Waals surface area contributed by atoms with Crippen LogP contribution in [0.5, 0.6) is 0 Å². The van der Waals surface area contributed by atoms with Crippen molar-refractivity contribution in [2.24, 2.45) is 11.8 Å². The molecule has 0 radical (unpaired) electrons. The fourth-order valence-corrected chi connectivity index (χ4v) is 4.58. The minimum atomic E-state index is 0.474. The molecule has 3 rings (SSSR count). The van der Waals surface area contributed by atoms with Crippen molar-refractivity contribution in [1.82, 2.24) is 0 Å². The predicted octanol–water partition coefficient (Wildman–Crippen LogP) is 6.04. The largest absolute Gasteiger partial charge is 0.135 e. The van der Waals surface area contributed by atoms with E-state index in [9.17, 15) is 0 Å². The number of rotatable bonds is 4. The number of hydrogen-bond donors (Lipinski definition) is 0. The Kier molecular flexibility index (Phi) is 4.18. The maximum atomic E-state index is 3.91. The van der Waals surface area contributed by atoms with Crippen molar-refractivity contribution in [1.29, 1.82) is 0 Å². The second-order valence-corrected chi connectivity index (χ2v) is 7.01. The van der Waals surface area contributed by atoms with E-state index < -0.39 is 0 Å². The van der Waals surface area contributed by atoms with Crippen LogP contribution >= 0.6 is 23.1 Å². The first kappa shape index (κ1) is 14.4. The zero-order chi connectivity index (χ0) is 14.8. The lowest BCUT2D eigenvalue weighted by atomic mass is 9.82. The normalized spacial score (nSPS) is 23.3. The van der Waals surface area contributed by atoms with E-state index in [2.05, 4.69) is 61.9 Å². The molecule has 106 valence electrons. The van der Waals surface area contributed by atoms with Crippen LogP contribution in [-0.4, -0.2) is 6.26 Å². The van der Waals surface area contributed by atoms with E-state index in [-0.39, 0.29) is 0 Å². The van der Waals surface area contributed by atoms with E-state index in [1.807, 2.05) is 23.9 Å². The molecule has 2 atom stereocenters. The van der Waals surface area contributed by atoms with Crippen LogP contribution in [0.3, 0.4) is 0 Å². The second-order valence-electron chi connectivity index (χ2n) is 5.08. The number of allylic oxidation sites excluding steroid dienone is 7. The van der Waals surface area contributed by atoms with Crippen LogP contribution in [-0.2, 0) is 0 Å². The number of fused-ring (bicyclic) bond motifs is 1. The summed E-state index contributed by atoms with van der Waals surface area (Å²) in [6.07, 6.45) is 19.6. The first-order valence-electron chi connectivity index (χ1n) is 6.99. The van der Waals surface area contributed by atoms with E-state index >= 15 is 0 Å². The Morgan fingerprint density at radius 2 is 1.81 bits per heavy atom. The highest BCUT2D eigenvalue weighted by Gasteiger charge is 2.24. The third kappa shape index (κ3) is 2.66. The van der Waals surface area contributed by atoms with Gasteiger partial charge in [0.25, 0.3) is 0 Å². The molecule has 0 amide bonds. The van der Waals surface area contributed by atoms with Gasteiger partial charge in [-0.05, 0) is 17.9 Å². The fraction of sp³-hybridized carbons (Fsp3) is 0.158. The molecular weight excluding hydrogens is 292 g/mol. The molecule has 2 aliphatic rings. The third-order valence-electron chi connectivity index (χ3n) is 3.87. The summed E-state index contributed by atoms with van der Waals surface area (Å²) in [7, 11) is 0. The van der Waals surface area contributed by atoms with Crippen LogP contribution in [0.15, 0.2) is 60.6 Å². The summed E-state index contributed by atoms with van der Waals surface area (Å²) in [5.41, 5.74) is 2.53. The lowest BCUT2D eigenvalue weighted by Gasteiger charge is -2.26. The quantitative estimate of drug-likeness (QED) is 0.653. The van der Waals surface area contributed by atoms with Crippen molar-refractivity contribution in [2.45, 2.75) is 0 Å². The number of hydrogen-bond acceptors (Lipinski definition) is 2. The van der Waals surface area contributed by atoms with Crippen LogP contribution in [0.25, 0.3) is 17.7 Å². The Hall–Kier alpha value is -1.51. The fourth-order valence-electron chi connectivity index (χ4n) is 2.77. The Morgan fingerprint density at radius 3 is 2.38 bits per heavy atom. The summed E-state index contributed by atoms with van der Waals surface area (Å²) < 4.78 is 0. The summed E-state index contributed by atoms with van der Waals surface area (Å²) in [6.45, 7) is 7.81. The average Bonchev–Trinajstić information content (AvgIpc) is 2.96. The van der Waals surface area contributed by atoms with E-state index in [1.54, 1.807) is 11.3 Å². The van der Waals surface area contributed by atoms with Gasteiger partial charge in [-0.1, -0.05) is 61.8 Å². The molecule has 1 heterocycles. The third-order valence-corrected chi connectivity index (χ3v) is 5.85. The molecule has 0 saturated carbocycles. The Bertz CT molecular complexity index is 670. The van der Waals surface area contributed by atoms with Crippen molar-refractivity contribution in [2.75, 3.05) is 6.26 Å². The summed E-state index contributed by atoms with van der Waals surface area (Å²) in [5.74, 6) is 0.973. The second kappa shape index (κ2) is 6.08. The van der Waals surface area contributed by atoms with Gasteiger partial charge in [-0.2, -0.15) is 0 Å². The highest BCUT2D eigenvalue weighted by Crippen LogP contribution is 2.43. The van der Waals surface area contributed by atoms with Crippen LogP contribution in [0.4, 0.5) is 0 Å².